The van der Waals surface area contributed by atoms with E-state index in [1.807, 2.05) is 48.5 Å². The first kappa shape index (κ1) is 37.0. The molecule has 0 bridgehead atoms. The maximum Gasteiger partial charge on any atom is 0.264 e. The number of ether oxygens (including phenoxy) is 2. The van der Waals surface area contributed by atoms with Crippen molar-refractivity contribution >= 4 is 44.4 Å². The van der Waals surface area contributed by atoms with Gasteiger partial charge in [-0.2, -0.15) is 0 Å². The van der Waals surface area contributed by atoms with Crippen LogP contribution in [0.15, 0.2) is 120 Å². The van der Waals surface area contributed by atoms with Crippen molar-refractivity contribution in [3.63, 3.8) is 0 Å². The van der Waals surface area contributed by atoms with Crippen LogP contribution in [0.4, 0.5) is 0 Å². The largest absolute Gasteiger partial charge is 0.497 e. The first-order valence-electron chi connectivity index (χ1n) is 17.1. The zero-order valence-corrected chi connectivity index (χ0v) is 30.5. The van der Waals surface area contributed by atoms with E-state index in [2.05, 4.69) is 28.2 Å². The lowest BCUT2D eigenvalue weighted by atomic mass is 10.1. The Balaban J connectivity index is 1.31. The maximum absolute atomic E-state index is 14.2. The summed E-state index contributed by atoms with van der Waals surface area (Å²) in [6.07, 6.45) is 2.59. The van der Waals surface area contributed by atoms with Gasteiger partial charge < -0.3 is 19.7 Å². The average Bonchev–Trinajstić information content (AvgIpc) is 3.73. The van der Waals surface area contributed by atoms with Crippen LogP contribution in [0.25, 0.3) is 22.2 Å². The van der Waals surface area contributed by atoms with Gasteiger partial charge in [0.25, 0.3) is 15.9 Å². The molecule has 2 heterocycles. The number of amides is 3. The van der Waals surface area contributed by atoms with Crippen LogP contribution in [-0.4, -0.2) is 79.1 Å². The number of rotatable bonds is 13. The Kier molecular flexibility index (Phi) is 10.5. The minimum Gasteiger partial charge on any atom is -0.497 e. The Labute approximate surface area is 308 Å². The number of benzene rings is 3. The number of likely N-dealkylation sites (tertiary alicyclic amines) is 1. The van der Waals surface area contributed by atoms with Crippen LogP contribution in [0, 0.1) is 5.92 Å². The molecule has 2 N–H and O–H groups in total. The molecule has 6 rings (SSSR count). The zero-order chi connectivity index (χ0) is 37.9. The normalized spacial score (nSPS) is 21.7. The van der Waals surface area contributed by atoms with E-state index >= 15 is 0 Å². The molecule has 1 saturated heterocycles. The number of hydrogen-bond acceptors (Lipinski definition) is 9. The molecule has 3 aromatic carbocycles. The third-order valence-corrected chi connectivity index (χ3v) is 10.9. The molecule has 2 aliphatic rings. The van der Waals surface area contributed by atoms with E-state index in [0.29, 0.717) is 33.8 Å². The number of allylic oxidation sites excluding steroid dienone is 1. The van der Waals surface area contributed by atoms with E-state index in [0.717, 1.165) is 5.56 Å². The van der Waals surface area contributed by atoms with Crippen LogP contribution >= 0.6 is 0 Å². The summed E-state index contributed by atoms with van der Waals surface area (Å²) < 4.78 is 40.4. The van der Waals surface area contributed by atoms with E-state index in [1.165, 1.54) is 29.2 Å². The highest BCUT2D eigenvalue weighted by Gasteiger charge is 2.61. The third kappa shape index (κ3) is 7.70. The molecule has 4 aromatic rings. The zero-order valence-electron chi connectivity index (χ0n) is 29.7. The molecule has 0 radical (unpaired) electrons. The highest BCUT2D eigenvalue weighted by molar-refractivity contribution is 7.90. The fourth-order valence-electron chi connectivity index (χ4n) is 6.57. The van der Waals surface area contributed by atoms with Crippen LogP contribution in [0.5, 0.6) is 11.5 Å². The van der Waals surface area contributed by atoms with Crippen molar-refractivity contribution in [2.75, 3.05) is 13.7 Å². The van der Waals surface area contributed by atoms with Crippen molar-refractivity contribution in [2.45, 2.75) is 55.3 Å². The molecule has 5 atom stereocenters. The fraction of sp³-hybridized carbons (Fsp3) is 0.275. The van der Waals surface area contributed by atoms with Gasteiger partial charge in [-0.25, -0.2) is 18.1 Å². The van der Waals surface area contributed by atoms with Gasteiger partial charge in [0, 0.05) is 41.1 Å². The van der Waals surface area contributed by atoms with Gasteiger partial charge in [0.15, 0.2) is 0 Å². The Hall–Kier alpha value is -5.82. The number of methoxy groups -OCH3 is 1. The third-order valence-electron chi connectivity index (χ3n) is 9.57. The van der Waals surface area contributed by atoms with Gasteiger partial charge in [-0.05, 0) is 50.6 Å². The smallest absolute Gasteiger partial charge is 0.264 e. The molecule has 1 aliphatic carbocycles. The van der Waals surface area contributed by atoms with Gasteiger partial charge in [-0.3, -0.25) is 19.4 Å². The molecule has 3 amide bonds. The molecule has 2 fully saturated rings. The second-order valence-electron chi connectivity index (χ2n) is 13.1. The highest BCUT2D eigenvalue weighted by atomic mass is 32.2. The summed E-state index contributed by atoms with van der Waals surface area (Å²) in [5.41, 5.74) is 1.13. The number of carbonyl (C=O) groups excluding carboxylic acids is 3. The van der Waals surface area contributed by atoms with Crippen molar-refractivity contribution in [2.24, 2.45) is 10.9 Å². The SMILES string of the molecule is C=CC(C)=N[C@@H](C)C(=O)N1C[C@H](Oc2cc(-c3ccccc3)nc3cc(OC)ccc23)C[C@H]1C(=O)N[C@]1(C(=O)NS(=O)(=O)c2ccccc2)C[C@H]1C=C. The molecule has 12 nitrogen and oxygen atoms in total. The molecule has 0 spiro atoms. The van der Waals surface area contributed by atoms with Gasteiger partial charge >= 0.3 is 0 Å². The summed E-state index contributed by atoms with van der Waals surface area (Å²) in [5, 5.41) is 3.51. The minimum atomic E-state index is -4.23. The van der Waals surface area contributed by atoms with Gasteiger partial charge in [0.05, 0.1) is 29.8 Å². The number of aliphatic imine (C=N–C) groups is 1. The Morgan fingerprint density at radius 1 is 1.04 bits per heavy atom. The highest BCUT2D eigenvalue weighted by Crippen LogP contribution is 2.45. The van der Waals surface area contributed by atoms with Crippen LogP contribution in [0.2, 0.25) is 0 Å². The van der Waals surface area contributed by atoms with E-state index in [-0.39, 0.29) is 24.3 Å². The predicted molar refractivity (Wildman–Crippen MR) is 202 cm³/mol. The molecular weight excluding hydrogens is 695 g/mol. The second-order valence-corrected chi connectivity index (χ2v) is 14.8. The Morgan fingerprint density at radius 2 is 1.74 bits per heavy atom. The summed E-state index contributed by atoms with van der Waals surface area (Å²) >= 11 is 0. The predicted octanol–water partition coefficient (Wildman–Crippen LogP) is 4.86. The van der Waals surface area contributed by atoms with E-state index < -0.39 is 57.4 Å². The summed E-state index contributed by atoms with van der Waals surface area (Å²) in [4.78, 5) is 52.4. The molecule has 1 aliphatic heterocycles. The first-order chi connectivity index (χ1) is 25.4. The summed E-state index contributed by atoms with van der Waals surface area (Å²) in [6.45, 7) is 10.9. The van der Waals surface area contributed by atoms with Gasteiger partial charge in [-0.15, -0.1) is 6.58 Å². The number of pyridine rings is 1. The van der Waals surface area contributed by atoms with Crippen molar-refractivity contribution in [1.82, 2.24) is 19.9 Å². The lowest BCUT2D eigenvalue weighted by Crippen LogP contribution is -2.56. The summed E-state index contributed by atoms with van der Waals surface area (Å²) in [7, 11) is -2.66. The Bertz CT molecular complexity index is 2210. The van der Waals surface area contributed by atoms with Crippen molar-refractivity contribution in [3.8, 4) is 22.8 Å². The number of sulfonamides is 1. The number of nitrogens with one attached hydrogen (secondary N) is 2. The summed E-state index contributed by atoms with van der Waals surface area (Å²) in [6, 6.07) is 22.4. The van der Waals surface area contributed by atoms with Gasteiger partial charge in [-0.1, -0.05) is 61.2 Å². The minimum absolute atomic E-state index is 0.0387. The lowest BCUT2D eigenvalue weighted by molar-refractivity contribution is -0.140. The number of carbonyl (C=O) groups is 3. The van der Waals surface area contributed by atoms with Crippen LogP contribution in [-0.2, 0) is 24.4 Å². The second kappa shape index (κ2) is 15.0. The van der Waals surface area contributed by atoms with Crippen molar-refractivity contribution in [3.05, 3.63) is 110 Å². The van der Waals surface area contributed by atoms with Crippen LogP contribution in [0.3, 0.4) is 0 Å². The Morgan fingerprint density at radius 3 is 2.38 bits per heavy atom. The molecule has 274 valence electrons. The fourth-order valence-corrected chi connectivity index (χ4v) is 7.63. The topological polar surface area (TPSA) is 156 Å². The standard InChI is InChI=1S/C40H41N5O7S/c1-6-25(3)41-26(4)38(47)45-24-30(52-36-22-33(27-14-10-8-11-15-27)42-34-20-29(51-5)18-19-32(34)36)21-35(45)37(46)43-40(23-28(40)7-2)39(48)44-53(49,50)31-16-12-9-13-17-31/h6-20,22,26,28,30,35H,1-2,21,23-24H2,3-5H3,(H,43,46)(H,44,48)/t26-,28+,30+,35-,40+/m0/s1. The number of nitrogens with zero attached hydrogens (tertiary/aromatic N) is 3. The maximum atomic E-state index is 14.2. The lowest BCUT2D eigenvalue weighted by Gasteiger charge is -2.27. The van der Waals surface area contributed by atoms with Gasteiger partial charge in [0.1, 0.15) is 35.2 Å². The van der Waals surface area contributed by atoms with E-state index in [1.54, 1.807) is 45.2 Å². The number of fused-ring (bicyclic) bond motifs is 1. The van der Waals surface area contributed by atoms with Gasteiger partial charge in [0.2, 0.25) is 11.8 Å². The van der Waals surface area contributed by atoms with Crippen molar-refractivity contribution < 1.29 is 32.3 Å². The number of aromatic nitrogens is 1. The molecule has 53 heavy (non-hydrogen) atoms. The molecule has 1 saturated carbocycles. The van der Waals surface area contributed by atoms with Crippen LogP contribution in [0.1, 0.15) is 26.7 Å². The quantitative estimate of drug-likeness (QED) is 0.146. The monoisotopic (exact) mass is 735 g/mol. The average molecular weight is 736 g/mol. The molecular formula is C40H41N5O7S. The molecule has 1 aromatic heterocycles. The number of hydrogen-bond donors (Lipinski definition) is 2. The molecule has 0 unspecified atom stereocenters. The summed E-state index contributed by atoms with van der Waals surface area (Å²) in [5.74, 6) is -1.37. The molecule has 13 heteroatoms. The van der Waals surface area contributed by atoms with Crippen LogP contribution < -0.4 is 19.5 Å². The van der Waals surface area contributed by atoms with Crippen molar-refractivity contribution in [1.29, 1.82) is 0 Å². The van der Waals surface area contributed by atoms with E-state index in [4.69, 9.17) is 14.5 Å². The van der Waals surface area contributed by atoms with E-state index in [9.17, 15) is 22.8 Å². The first-order valence-corrected chi connectivity index (χ1v) is 18.6.